The van der Waals surface area contributed by atoms with Gasteiger partial charge in [0.1, 0.15) is 12.4 Å². The van der Waals surface area contributed by atoms with Crippen LogP contribution in [0.25, 0.3) is 0 Å². The van der Waals surface area contributed by atoms with Crippen LogP contribution in [0, 0.1) is 5.82 Å². The standard InChI is InChI=1S/C18H17FN2O3/c1-21-15(22)11-24-17(16(21)12-6-3-2-4-7-12)18(23)20-14-9-5-8-13(19)10-14/h2-10,16-17H,11H2,1H3,(H,20,23)/t16-,17+/m1/s1. The monoisotopic (exact) mass is 328 g/mol. The number of ether oxygens (including phenoxy) is 1. The molecule has 0 aliphatic carbocycles. The third-order valence-corrected chi connectivity index (χ3v) is 3.98. The van der Waals surface area contributed by atoms with Gasteiger partial charge >= 0.3 is 0 Å². The molecule has 2 atom stereocenters. The Labute approximate surface area is 139 Å². The van der Waals surface area contributed by atoms with E-state index in [4.69, 9.17) is 4.74 Å². The number of nitrogens with one attached hydrogen (secondary N) is 1. The Morgan fingerprint density at radius 1 is 1.21 bits per heavy atom. The molecule has 2 aromatic carbocycles. The Morgan fingerprint density at radius 3 is 2.67 bits per heavy atom. The molecular weight excluding hydrogens is 311 g/mol. The molecule has 0 spiro atoms. The van der Waals surface area contributed by atoms with Crippen molar-refractivity contribution in [1.82, 2.24) is 4.90 Å². The summed E-state index contributed by atoms with van der Waals surface area (Å²) in [6.07, 6.45) is -0.877. The fourth-order valence-electron chi connectivity index (χ4n) is 2.76. The first-order chi connectivity index (χ1) is 11.6. The zero-order valence-corrected chi connectivity index (χ0v) is 13.1. The highest BCUT2D eigenvalue weighted by atomic mass is 19.1. The van der Waals surface area contributed by atoms with Gasteiger partial charge in [0.25, 0.3) is 5.91 Å². The quantitative estimate of drug-likeness (QED) is 0.941. The van der Waals surface area contributed by atoms with E-state index in [0.29, 0.717) is 5.69 Å². The van der Waals surface area contributed by atoms with Crippen molar-refractivity contribution < 1.29 is 18.7 Å². The van der Waals surface area contributed by atoms with Gasteiger partial charge in [0.15, 0.2) is 6.10 Å². The Balaban J connectivity index is 1.86. The van der Waals surface area contributed by atoms with Crippen molar-refractivity contribution in [2.75, 3.05) is 19.0 Å². The molecule has 6 heteroatoms. The Hall–Kier alpha value is -2.73. The van der Waals surface area contributed by atoms with E-state index >= 15 is 0 Å². The number of rotatable bonds is 3. The molecule has 0 aromatic heterocycles. The molecule has 2 amide bonds. The molecule has 2 aromatic rings. The average molecular weight is 328 g/mol. The van der Waals surface area contributed by atoms with Gasteiger partial charge in [-0.1, -0.05) is 36.4 Å². The van der Waals surface area contributed by atoms with Crippen molar-refractivity contribution >= 4 is 17.5 Å². The lowest BCUT2D eigenvalue weighted by Gasteiger charge is -2.38. The van der Waals surface area contributed by atoms with Crippen LogP contribution in [0.5, 0.6) is 0 Å². The third kappa shape index (κ3) is 3.28. The second kappa shape index (κ2) is 6.80. The molecule has 1 heterocycles. The van der Waals surface area contributed by atoms with Gasteiger partial charge in [0, 0.05) is 12.7 Å². The molecule has 124 valence electrons. The molecule has 24 heavy (non-hydrogen) atoms. The highest BCUT2D eigenvalue weighted by Gasteiger charge is 2.39. The molecule has 0 radical (unpaired) electrons. The maximum Gasteiger partial charge on any atom is 0.256 e. The van der Waals surface area contributed by atoms with Crippen LogP contribution in [-0.2, 0) is 14.3 Å². The molecule has 1 saturated heterocycles. The van der Waals surface area contributed by atoms with Gasteiger partial charge in [0.05, 0.1) is 6.04 Å². The molecule has 0 unspecified atom stereocenters. The molecule has 1 aliphatic rings. The largest absolute Gasteiger partial charge is 0.356 e. The first-order valence-electron chi connectivity index (χ1n) is 7.55. The van der Waals surface area contributed by atoms with E-state index in [2.05, 4.69) is 5.32 Å². The van der Waals surface area contributed by atoms with Gasteiger partial charge in [0.2, 0.25) is 5.91 Å². The van der Waals surface area contributed by atoms with Crippen LogP contribution in [-0.4, -0.2) is 36.5 Å². The molecule has 1 fully saturated rings. The van der Waals surface area contributed by atoms with E-state index in [9.17, 15) is 14.0 Å². The number of hydrogen-bond acceptors (Lipinski definition) is 3. The molecule has 0 bridgehead atoms. The summed E-state index contributed by atoms with van der Waals surface area (Å²) in [5.74, 6) is -1.06. The first-order valence-corrected chi connectivity index (χ1v) is 7.55. The fourth-order valence-corrected chi connectivity index (χ4v) is 2.76. The lowest BCUT2D eigenvalue weighted by Crippen LogP contribution is -2.51. The Morgan fingerprint density at radius 2 is 1.96 bits per heavy atom. The molecule has 1 N–H and O–H groups in total. The number of amides is 2. The van der Waals surface area contributed by atoms with E-state index in [-0.39, 0.29) is 12.5 Å². The van der Waals surface area contributed by atoms with Crippen LogP contribution in [0.3, 0.4) is 0 Å². The summed E-state index contributed by atoms with van der Waals surface area (Å²) in [6, 6.07) is 14.3. The molecule has 5 nitrogen and oxygen atoms in total. The Bertz CT molecular complexity index is 751. The number of carbonyl (C=O) groups excluding carboxylic acids is 2. The van der Waals surface area contributed by atoms with E-state index in [1.165, 1.54) is 23.1 Å². The van der Waals surface area contributed by atoms with Gasteiger partial charge in [-0.25, -0.2) is 4.39 Å². The van der Waals surface area contributed by atoms with E-state index in [0.717, 1.165) is 5.56 Å². The van der Waals surface area contributed by atoms with Crippen LogP contribution in [0.2, 0.25) is 0 Å². The minimum Gasteiger partial charge on any atom is -0.356 e. The van der Waals surface area contributed by atoms with E-state index in [1.807, 2.05) is 30.3 Å². The summed E-state index contributed by atoms with van der Waals surface area (Å²) < 4.78 is 18.8. The zero-order chi connectivity index (χ0) is 17.1. The highest BCUT2D eigenvalue weighted by molar-refractivity contribution is 5.96. The van der Waals surface area contributed by atoms with E-state index < -0.39 is 23.9 Å². The van der Waals surface area contributed by atoms with Gasteiger partial charge in [-0.15, -0.1) is 0 Å². The maximum atomic E-state index is 13.3. The van der Waals surface area contributed by atoms with Crippen LogP contribution in [0.1, 0.15) is 11.6 Å². The SMILES string of the molecule is CN1C(=O)CO[C@H](C(=O)Nc2cccc(F)c2)[C@H]1c1ccccc1. The summed E-state index contributed by atoms with van der Waals surface area (Å²) in [5, 5.41) is 2.65. The second-order valence-corrected chi connectivity index (χ2v) is 5.59. The van der Waals surface area contributed by atoms with Gasteiger partial charge in [-0.05, 0) is 23.8 Å². The molecular formula is C18H17FN2O3. The van der Waals surface area contributed by atoms with Crippen molar-refractivity contribution in [3.8, 4) is 0 Å². The number of benzene rings is 2. The number of nitrogens with zero attached hydrogens (tertiary/aromatic N) is 1. The number of likely N-dealkylation sites (N-methyl/N-ethyl adjacent to an activating group) is 1. The Kier molecular flexibility index (Phi) is 4.57. The number of hydrogen-bond donors (Lipinski definition) is 1. The average Bonchev–Trinajstić information content (AvgIpc) is 2.58. The second-order valence-electron chi connectivity index (χ2n) is 5.59. The van der Waals surface area contributed by atoms with Gasteiger partial charge in [-0.3, -0.25) is 9.59 Å². The van der Waals surface area contributed by atoms with Gasteiger partial charge < -0.3 is 15.0 Å². The smallest absolute Gasteiger partial charge is 0.256 e. The zero-order valence-electron chi connectivity index (χ0n) is 13.1. The number of morpholine rings is 1. The topological polar surface area (TPSA) is 58.6 Å². The molecule has 0 saturated carbocycles. The number of carbonyl (C=O) groups is 2. The van der Waals surface area contributed by atoms with Crippen molar-refractivity contribution in [2.24, 2.45) is 0 Å². The van der Waals surface area contributed by atoms with Crippen LogP contribution in [0.15, 0.2) is 54.6 Å². The minimum atomic E-state index is -0.877. The third-order valence-electron chi connectivity index (χ3n) is 3.98. The number of halogens is 1. The van der Waals surface area contributed by atoms with Gasteiger partial charge in [-0.2, -0.15) is 0 Å². The fraction of sp³-hybridized carbons (Fsp3) is 0.222. The summed E-state index contributed by atoms with van der Waals surface area (Å²) in [6.45, 7) is -0.166. The van der Waals surface area contributed by atoms with Crippen molar-refractivity contribution in [3.63, 3.8) is 0 Å². The maximum absolute atomic E-state index is 13.3. The molecule has 1 aliphatic heterocycles. The first kappa shape index (κ1) is 16.1. The van der Waals surface area contributed by atoms with Crippen molar-refractivity contribution in [1.29, 1.82) is 0 Å². The van der Waals surface area contributed by atoms with Crippen molar-refractivity contribution in [3.05, 3.63) is 66.0 Å². The summed E-state index contributed by atoms with van der Waals surface area (Å²) >= 11 is 0. The van der Waals surface area contributed by atoms with E-state index in [1.54, 1.807) is 13.1 Å². The molecule has 3 rings (SSSR count). The van der Waals surface area contributed by atoms with Crippen molar-refractivity contribution in [2.45, 2.75) is 12.1 Å². The predicted molar refractivity (Wildman–Crippen MR) is 86.7 cm³/mol. The summed E-state index contributed by atoms with van der Waals surface area (Å²) in [5.41, 5.74) is 1.14. The normalized spacial score (nSPS) is 20.8. The lowest BCUT2D eigenvalue weighted by atomic mass is 9.97. The van der Waals surface area contributed by atoms with Crippen LogP contribution >= 0.6 is 0 Å². The number of anilines is 1. The summed E-state index contributed by atoms with van der Waals surface area (Å²) in [7, 11) is 1.64. The minimum absolute atomic E-state index is 0.166. The highest BCUT2D eigenvalue weighted by Crippen LogP contribution is 2.29. The summed E-state index contributed by atoms with van der Waals surface area (Å²) in [4.78, 5) is 26.1. The lowest BCUT2D eigenvalue weighted by molar-refractivity contribution is -0.160. The van der Waals surface area contributed by atoms with Crippen LogP contribution < -0.4 is 5.32 Å². The van der Waals surface area contributed by atoms with Crippen LogP contribution in [0.4, 0.5) is 10.1 Å². The predicted octanol–water partition coefficient (Wildman–Crippen LogP) is 2.36.